The van der Waals surface area contributed by atoms with Crippen LogP contribution in [0.15, 0.2) is 0 Å². The molecule has 1 saturated heterocycles. The van der Waals surface area contributed by atoms with Gasteiger partial charge in [0, 0.05) is 12.3 Å². The third-order valence-electron chi connectivity index (χ3n) is 6.48. The molecule has 5 nitrogen and oxygen atoms in total. The molecule has 9 heteroatoms. The first-order chi connectivity index (χ1) is 12.8. The lowest BCUT2D eigenvalue weighted by Gasteiger charge is -2.51. The number of carbonyl (C=O) groups is 1. The lowest BCUT2D eigenvalue weighted by Crippen LogP contribution is -2.64. The molecule has 0 aromatic carbocycles. The number of hydrogen-bond donors (Lipinski definition) is 0. The molecule has 1 rings (SSSR count). The second-order valence-corrected chi connectivity index (χ2v) is 22.5. The van der Waals surface area contributed by atoms with E-state index in [4.69, 9.17) is 18.3 Å². The first-order valence-electron chi connectivity index (χ1n) is 10.2. The van der Waals surface area contributed by atoms with Crippen molar-refractivity contribution in [3.05, 3.63) is 0 Å². The van der Waals surface area contributed by atoms with Crippen LogP contribution in [0.3, 0.4) is 0 Å². The Labute approximate surface area is 201 Å². The number of hydrogen-bond acceptors (Lipinski definition) is 5. The number of carbonyl (C=O) groups excluding carboxylic acids is 1. The van der Waals surface area contributed by atoms with Gasteiger partial charge in [-0.25, -0.2) is 0 Å². The highest BCUT2D eigenvalue weighted by molar-refractivity contribution is 14.1. The summed E-state index contributed by atoms with van der Waals surface area (Å²) in [6.45, 7) is 23.8. The quantitative estimate of drug-likeness (QED) is 0.152. The van der Waals surface area contributed by atoms with Gasteiger partial charge in [0.1, 0.15) is 3.92 Å². The van der Waals surface area contributed by atoms with Crippen molar-refractivity contribution in [3.63, 3.8) is 0 Å². The van der Waals surface area contributed by atoms with Crippen LogP contribution in [-0.2, 0) is 23.1 Å². The fourth-order valence-electron chi connectivity index (χ4n) is 2.56. The molecule has 172 valence electrons. The molecule has 29 heavy (non-hydrogen) atoms. The zero-order valence-corrected chi connectivity index (χ0v) is 25.6. The summed E-state index contributed by atoms with van der Waals surface area (Å²) in [6.07, 6.45) is -1.34. The van der Waals surface area contributed by atoms with Crippen LogP contribution in [0.2, 0.25) is 36.3 Å². The maximum atomic E-state index is 11.7. The van der Waals surface area contributed by atoms with E-state index in [0.717, 1.165) is 0 Å². The molecule has 1 heterocycles. The van der Waals surface area contributed by atoms with Gasteiger partial charge in [0.15, 0.2) is 16.6 Å². The van der Waals surface area contributed by atoms with E-state index in [1.165, 1.54) is 6.92 Å². The first kappa shape index (κ1) is 28.0. The smallest absolute Gasteiger partial charge is 0.304 e. The summed E-state index contributed by atoms with van der Waals surface area (Å²) in [5, 5.41) is 0.716. The molecule has 0 unspecified atom stereocenters. The standard InChI is InChI=1S/C20H40BrIO5Si2/c1-13(23)24-18-15(22)17(27-29(10,11)20(5,6)7)16(14(12-21)25-18)26-28(8,9)19(2,3)4/h14-18H,12H2,1-11H3/t14-,15-,16-,17-,18-/m1/s1. The van der Waals surface area contributed by atoms with Crippen LogP contribution in [0.4, 0.5) is 0 Å². The highest BCUT2D eigenvalue weighted by Gasteiger charge is 2.53. The third-order valence-corrected chi connectivity index (χ3v) is 17.4. The molecule has 5 atom stereocenters. The Morgan fingerprint density at radius 3 is 1.72 bits per heavy atom. The fraction of sp³-hybridized carbons (Fsp3) is 0.950. The van der Waals surface area contributed by atoms with Gasteiger partial charge in [0.2, 0.25) is 6.29 Å². The van der Waals surface area contributed by atoms with E-state index in [0.29, 0.717) is 5.33 Å². The Kier molecular flexibility index (Phi) is 9.53. The lowest BCUT2D eigenvalue weighted by molar-refractivity contribution is -0.227. The van der Waals surface area contributed by atoms with Crippen LogP contribution < -0.4 is 0 Å². The van der Waals surface area contributed by atoms with Crippen molar-refractivity contribution >= 4 is 61.1 Å². The van der Waals surface area contributed by atoms with Crippen LogP contribution in [0.5, 0.6) is 0 Å². The average Bonchev–Trinajstić information content (AvgIpc) is 2.50. The molecule has 0 bridgehead atoms. The first-order valence-corrected chi connectivity index (χ1v) is 18.4. The molecule has 1 aliphatic heterocycles. The SMILES string of the molecule is CC(=O)O[C@@H]1O[C@H](CBr)[C@@H](O[Si](C)(C)C(C)(C)C)[C@H](O[Si](C)(C)C(C)(C)C)[C@H]1I. The van der Waals surface area contributed by atoms with Crippen molar-refractivity contribution in [2.24, 2.45) is 0 Å². The number of alkyl halides is 2. The van der Waals surface area contributed by atoms with E-state index in [2.05, 4.69) is 106 Å². The molecule has 0 radical (unpaired) electrons. The van der Waals surface area contributed by atoms with Gasteiger partial charge in [-0.05, 0) is 36.3 Å². The normalized spacial score (nSPS) is 29.6. The van der Waals surface area contributed by atoms with Crippen molar-refractivity contribution in [2.75, 3.05) is 5.33 Å². The summed E-state index contributed by atoms with van der Waals surface area (Å²) in [5.74, 6) is -0.347. The second kappa shape index (κ2) is 9.86. The summed E-state index contributed by atoms with van der Waals surface area (Å²) in [6, 6.07) is 0. The van der Waals surface area contributed by atoms with Gasteiger partial charge in [0.25, 0.3) is 0 Å². The minimum absolute atomic E-state index is 0.0595. The van der Waals surface area contributed by atoms with E-state index in [1.54, 1.807) is 0 Å². The zero-order chi connectivity index (χ0) is 23.0. The molecule has 0 spiro atoms. The third kappa shape index (κ3) is 6.99. The Bertz CT molecular complexity index is 574. The summed E-state index contributed by atoms with van der Waals surface area (Å²) in [5.41, 5.74) is 0. The number of esters is 1. The molecule has 0 saturated carbocycles. The van der Waals surface area contributed by atoms with E-state index < -0.39 is 22.9 Å². The maximum absolute atomic E-state index is 11.7. The van der Waals surface area contributed by atoms with Crippen LogP contribution in [-0.4, -0.2) is 56.5 Å². The number of halogens is 2. The van der Waals surface area contributed by atoms with Crippen molar-refractivity contribution in [2.45, 2.75) is 113 Å². The Morgan fingerprint density at radius 2 is 1.38 bits per heavy atom. The molecule has 0 aliphatic carbocycles. The average molecular weight is 624 g/mol. The molecule has 0 aromatic rings. The van der Waals surface area contributed by atoms with E-state index >= 15 is 0 Å². The predicted octanol–water partition coefficient (Wildman–Crippen LogP) is 6.25. The molecule has 0 aromatic heterocycles. The highest BCUT2D eigenvalue weighted by atomic mass is 127. The molecule has 0 amide bonds. The molecular formula is C20H40BrIO5Si2. The van der Waals surface area contributed by atoms with Crippen molar-refractivity contribution in [3.8, 4) is 0 Å². The minimum Gasteiger partial charge on any atom is -0.435 e. The summed E-state index contributed by atoms with van der Waals surface area (Å²) in [7, 11) is -4.16. The van der Waals surface area contributed by atoms with Gasteiger partial charge in [0.05, 0.1) is 18.3 Å². The topological polar surface area (TPSA) is 54.0 Å². The fourth-order valence-corrected chi connectivity index (χ4v) is 6.87. The Hall–Kier alpha value is 0.994. The Morgan fingerprint density at radius 1 is 0.966 bits per heavy atom. The van der Waals surface area contributed by atoms with Gasteiger partial charge in [-0.1, -0.05) is 80.1 Å². The van der Waals surface area contributed by atoms with E-state index in [1.807, 2.05) is 0 Å². The lowest BCUT2D eigenvalue weighted by atomic mass is 10.0. The molecular weight excluding hydrogens is 583 g/mol. The van der Waals surface area contributed by atoms with Gasteiger partial charge < -0.3 is 18.3 Å². The van der Waals surface area contributed by atoms with Gasteiger partial charge in [-0.3, -0.25) is 4.79 Å². The number of ether oxygens (including phenoxy) is 2. The Balaban J connectivity index is 3.36. The summed E-state index contributed by atoms with van der Waals surface area (Å²) >= 11 is 5.90. The van der Waals surface area contributed by atoms with Crippen molar-refractivity contribution in [1.82, 2.24) is 0 Å². The molecule has 0 N–H and O–H groups in total. The van der Waals surface area contributed by atoms with Gasteiger partial charge >= 0.3 is 5.97 Å². The monoisotopic (exact) mass is 622 g/mol. The van der Waals surface area contributed by atoms with Crippen LogP contribution >= 0.6 is 38.5 Å². The zero-order valence-electron chi connectivity index (χ0n) is 19.9. The summed E-state index contributed by atoms with van der Waals surface area (Å²) in [4.78, 5) is 11.7. The van der Waals surface area contributed by atoms with Crippen LogP contribution in [0.1, 0.15) is 48.5 Å². The van der Waals surface area contributed by atoms with Gasteiger partial charge in [-0.2, -0.15) is 0 Å². The number of rotatable bonds is 6. The van der Waals surface area contributed by atoms with Gasteiger partial charge in [-0.15, -0.1) is 0 Å². The molecule has 1 fully saturated rings. The highest BCUT2D eigenvalue weighted by Crippen LogP contribution is 2.44. The van der Waals surface area contributed by atoms with Crippen molar-refractivity contribution < 1.29 is 23.1 Å². The predicted molar refractivity (Wildman–Crippen MR) is 136 cm³/mol. The second-order valence-electron chi connectivity index (χ2n) is 10.9. The summed E-state index contributed by atoms with van der Waals surface area (Å²) < 4.78 is 25.3. The van der Waals surface area contributed by atoms with E-state index in [-0.39, 0.29) is 38.3 Å². The van der Waals surface area contributed by atoms with Crippen LogP contribution in [0, 0.1) is 0 Å². The minimum atomic E-state index is -2.09. The van der Waals surface area contributed by atoms with Crippen molar-refractivity contribution in [1.29, 1.82) is 0 Å². The largest absolute Gasteiger partial charge is 0.435 e. The van der Waals surface area contributed by atoms with Crippen LogP contribution in [0.25, 0.3) is 0 Å². The maximum Gasteiger partial charge on any atom is 0.304 e. The van der Waals surface area contributed by atoms with E-state index in [9.17, 15) is 4.79 Å². The molecule has 1 aliphatic rings.